The number of hydrogen-bond donors (Lipinski definition) is 1. The van der Waals surface area contributed by atoms with Gasteiger partial charge in [0.25, 0.3) is 0 Å². The van der Waals surface area contributed by atoms with Crippen LogP contribution in [-0.4, -0.2) is 46.5 Å². The van der Waals surface area contributed by atoms with Crippen LogP contribution in [0.25, 0.3) is 6.08 Å². The summed E-state index contributed by atoms with van der Waals surface area (Å²) < 4.78 is 0. The summed E-state index contributed by atoms with van der Waals surface area (Å²) in [6.45, 7) is 1.61. The van der Waals surface area contributed by atoms with E-state index in [4.69, 9.17) is 5.11 Å². The third-order valence-corrected chi connectivity index (χ3v) is 4.16. The SMILES string of the molecule is O=C(O)c1ccc(C=CC(=O)N2CCCSCC2)cc1. The van der Waals surface area contributed by atoms with Crippen molar-refractivity contribution < 1.29 is 14.7 Å². The monoisotopic (exact) mass is 291 g/mol. The highest BCUT2D eigenvalue weighted by atomic mass is 32.2. The molecule has 1 aliphatic rings. The third-order valence-electron chi connectivity index (χ3n) is 3.11. The number of rotatable bonds is 3. The lowest BCUT2D eigenvalue weighted by atomic mass is 10.1. The van der Waals surface area contributed by atoms with Crippen LogP contribution in [0, 0.1) is 0 Å². The summed E-state index contributed by atoms with van der Waals surface area (Å²) in [6, 6.07) is 6.47. The molecule has 0 saturated carbocycles. The van der Waals surface area contributed by atoms with Crippen LogP contribution in [0.4, 0.5) is 0 Å². The molecule has 0 bridgehead atoms. The number of aromatic carboxylic acids is 1. The van der Waals surface area contributed by atoms with E-state index in [9.17, 15) is 9.59 Å². The molecule has 0 atom stereocenters. The van der Waals surface area contributed by atoms with E-state index < -0.39 is 5.97 Å². The van der Waals surface area contributed by atoms with Gasteiger partial charge in [-0.1, -0.05) is 12.1 Å². The van der Waals surface area contributed by atoms with Gasteiger partial charge in [0.15, 0.2) is 0 Å². The van der Waals surface area contributed by atoms with Gasteiger partial charge in [0.2, 0.25) is 5.91 Å². The summed E-state index contributed by atoms with van der Waals surface area (Å²) in [6.07, 6.45) is 4.33. The Labute approximate surface area is 122 Å². The molecule has 1 saturated heterocycles. The number of carboxylic acids is 1. The highest BCUT2D eigenvalue weighted by molar-refractivity contribution is 7.99. The first-order valence-corrected chi connectivity index (χ1v) is 7.70. The molecule has 0 spiro atoms. The van der Waals surface area contributed by atoms with Crippen LogP contribution in [0.1, 0.15) is 22.3 Å². The molecule has 1 fully saturated rings. The fraction of sp³-hybridized carbons (Fsp3) is 0.333. The van der Waals surface area contributed by atoms with Crippen LogP contribution in [-0.2, 0) is 4.79 Å². The number of thioether (sulfide) groups is 1. The first kappa shape index (κ1) is 14.7. The molecule has 1 N–H and O–H groups in total. The van der Waals surface area contributed by atoms with Crippen molar-refractivity contribution in [1.82, 2.24) is 4.90 Å². The summed E-state index contributed by atoms with van der Waals surface area (Å²) >= 11 is 1.88. The molecule has 20 heavy (non-hydrogen) atoms. The van der Waals surface area contributed by atoms with E-state index in [2.05, 4.69) is 0 Å². The quantitative estimate of drug-likeness (QED) is 0.869. The van der Waals surface area contributed by atoms with E-state index in [1.807, 2.05) is 16.7 Å². The number of carboxylic acid groups (broad SMARTS) is 1. The van der Waals surface area contributed by atoms with Gasteiger partial charge < -0.3 is 10.0 Å². The van der Waals surface area contributed by atoms with E-state index in [0.717, 1.165) is 36.6 Å². The molecule has 5 heteroatoms. The molecule has 106 valence electrons. The van der Waals surface area contributed by atoms with Crippen molar-refractivity contribution in [3.8, 4) is 0 Å². The van der Waals surface area contributed by atoms with E-state index in [1.165, 1.54) is 12.1 Å². The number of carbonyl (C=O) groups is 2. The molecule has 1 aromatic carbocycles. The lowest BCUT2D eigenvalue weighted by Crippen LogP contribution is -2.31. The fourth-order valence-electron chi connectivity index (χ4n) is 1.98. The van der Waals surface area contributed by atoms with Gasteiger partial charge in [0.1, 0.15) is 0 Å². The Bertz CT molecular complexity index is 502. The third kappa shape index (κ3) is 4.13. The van der Waals surface area contributed by atoms with Gasteiger partial charge in [-0.3, -0.25) is 4.79 Å². The average molecular weight is 291 g/mol. The van der Waals surface area contributed by atoms with Crippen LogP contribution in [0.2, 0.25) is 0 Å². The van der Waals surface area contributed by atoms with Crippen LogP contribution in [0.5, 0.6) is 0 Å². The topological polar surface area (TPSA) is 57.6 Å². The molecule has 0 radical (unpaired) electrons. The van der Waals surface area contributed by atoms with E-state index in [0.29, 0.717) is 0 Å². The molecular formula is C15H17NO3S. The number of carbonyl (C=O) groups excluding carboxylic acids is 1. The molecule has 1 heterocycles. The highest BCUT2D eigenvalue weighted by Crippen LogP contribution is 2.11. The van der Waals surface area contributed by atoms with Crippen LogP contribution >= 0.6 is 11.8 Å². The highest BCUT2D eigenvalue weighted by Gasteiger charge is 2.12. The van der Waals surface area contributed by atoms with E-state index >= 15 is 0 Å². The standard InChI is InChI=1S/C15H17NO3S/c17-14(16-8-1-10-20-11-9-16)7-4-12-2-5-13(6-3-12)15(18)19/h2-7H,1,8-11H2,(H,18,19). The molecule has 0 aromatic heterocycles. The summed E-state index contributed by atoms with van der Waals surface area (Å²) in [5.41, 5.74) is 1.07. The summed E-state index contributed by atoms with van der Waals surface area (Å²) in [4.78, 5) is 24.6. The molecule has 1 amide bonds. The summed E-state index contributed by atoms with van der Waals surface area (Å²) in [5.74, 6) is 1.19. The predicted octanol–water partition coefficient (Wildman–Crippen LogP) is 2.36. The van der Waals surface area contributed by atoms with Crippen molar-refractivity contribution in [2.75, 3.05) is 24.6 Å². The van der Waals surface area contributed by atoms with Gasteiger partial charge in [0, 0.05) is 24.9 Å². The van der Waals surface area contributed by atoms with Gasteiger partial charge in [-0.05, 0) is 35.9 Å². The molecular weight excluding hydrogens is 274 g/mol. The number of benzene rings is 1. The Kier molecular flexibility index (Phi) is 5.24. The lowest BCUT2D eigenvalue weighted by molar-refractivity contribution is -0.125. The van der Waals surface area contributed by atoms with Crippen LogP contribution in [0.3, 0.4) is 0 Å². The molecule has 1 aromatic rings. The van der Waals surface area contributed by atoms with E-state index in [1.54, 1.807) is 24.3 Å². The van der Waals surface area contributed by atoms with Crippen LogP contribution < -0.4 is 0 Å². The molecule has 0 aliphatic carbocycles. The maximum absolute atomic E-state index is 12.0. The second kappa shape index (κ2) is 7.14. The molecule has 0 unspecified atom stereocenters. The van der Waals surface area contributed by atoms with E-state index in [-0.39, 0.29) is 11.5 Å². The zero-order valence-corrected chi connectivity index (χ0v) is 11.9. The second-order valence-electron chi connectivity index (χ2n) is 4.55. The predicted molar refractivity (Wildman–Crippen MR) is 81.0 cm³/mol. The first-order valence-electron chi connectivity index (χ1n) is 6.55. The molecule has 4 nitrogen and oxygen atoms in total. The van der Waals surface area contributed by atoms with Gasteiger partial charge in [0.05, 0.1) is 5.56 Å². The minimum Gasteiger partial charge on any atom is -0.478 e. The zero-order valence-electron chi connectivity index (χ0n) is 11.1. The summed E-state index contributed by atoms with van der Waals surface area (Å²) in [5, 5.41) is 8.81. The van der Waals surface area contributed by atoms with Crippen LogP contribution in [0.15, 0.2) is 30.3 Å². The second-order valence-corrected chi connectivity index (χ2v) is 5.78. The Morgan fingerprint density at radius 2 is 1.90 bits per heavy atom. The Morgan fingerprint density at radius 3 is 2.60 bits per heavy atom. The van der Waals surface area contributed by atoms with Crippen molar-refractivity contribution in [3.63, 3.8) is 0 Å². The Hall–Kier alpha value is -1.75. The van der Waals surface area contributed by atoms with Crippen molar-refractivity contribution in [3.05, 3.63) is 41.5 Å². The number of nitrogens with zero attached hydrogens (tertiary/aromatic N) is 1. The fourth-order valence-corrected chi connectivity index (χ4v) is 2.86. The number of hydrogen-bond acceptors (Lipinski definition) is 3. The largest absolute Gasteiger partial charge is 0.478 e. The van der Waals surface area contributed by atoms with Gasteiger partial charge in [-0.15, -0.1) is 0 Å². The van der Waals surface area contributed by atoms with Crippen molar-refractivity contribution >= 4 is 29.7 Å². The number of amides is 1. The maximum atomic E-state index is 12.0. The maximum Gasteiger partial charge on any atom is 0.335 e. The normalized spacial score (nSPS) is 16.1. The zero-order chi connectivity index (χ0) is 14.4. The van der Waals surface area contributed by atoms with Gasteiger partial charge in [-0.25, -0.2) is 4.79 Å². The Morgan fingerprint density at radius 1 is 1.15 bits per heavy atom. The minimum absolute atomic E-state index is 0.0230. The smallest absolute Gasteiger partial charge is 0.335 e. The molecule has 2 rings (SSSR count). The lowest BCUT2D eigenvalue weighted by Gasteiger charge is -2.17. The first-order chi connectivity index (χ1) is 9.66. The Balaban J connectivity index is 1.97. The van der Waals surface area contributed by atoms with Gasteiger partial charge in [-0.2, -0.15) is 11.8 Å². The van der Waals surface area contributed by atoms with Crippen molar-refractivity contribution in [1.29, 1.82) is 0 Å². The molecule has 1 aliphatic heterocycles. The average Bonchev–Trinajstić information content (AvgIpc) is 2.74. The van der Waals surface area contributed by atoms with Crippen molar-refractivity contribution in [2.45, 2.75) is 6.42 Å². The van der Waals surface area contributed by atoms with Crippen molar-refractivity contribution in [2.24, 2.45) is 0 Å². The minimum atomic E-state index is -0.946. The summed E-state index contributed by atoms with van der Waals surface area (Å²) in [7, 11) is 0. The van der Waals surface area contributed by atoms with Gasteiger partial charge >= 0.3 is 5.97 Å².